The summed E-state index contributed by atoms with van der Waals surface area (Å²) in [6.07, 6.45) is 0.884. The summed E-state index contributed by atoms with van der Waals surface area (Å²) in [7, 11) is 0. The standard InChI is InChI=1S/C8H12O5/c1-3-12-6(2)13-8(11)5-4-7(9)10/h4-6H,3H2,1-2H3,(H,9,10). The lowest BCUT2D eigenvalue weighted by atomic mass is 10.5. The molecule has 5 heteroatoms. The van der Waals surface area contributed by atoms with E-state index in [1.165, 1.54) is 0 Å². The fourth-order valence-electron chi connectivity index (χ4n) is 0.611. The van der Waals surface area contributed by atoms with Gasteiger partial charge >= 0.3 is 11.9 Å². The predicted molar refractivity (Wildman–Crippen MR) is 44.0 cm³/mol. The molecular formula is C8H12O5. The van der Waals surface area contributed by atoms with E-state index in [2.05, 4.69) is 4.74 Å². The Kier molecular flexibility index (Phi) is 5.54. The Hall–Kier alpha value is -1.36. The van der Waals surface area contributed by atoms with E-state index >= 15 is 0 Å². The molecule has 0 radical (unpaired) electrons. The highest BCUT2D eigenvalue weighted by Crippen LogP contribution is 1.94. The van der Waals surface area contributed by atoms with Crippen molar-refractivity contribution >= 4 is 11.9 Å². The van der Waals surface area contributed by atoms with E-state index in [1.807, 2.05) is 0 Å². The van der Waals surface area contributed by atoms with Gasteiger partial charge in [-0.3, -0.25) is 0 Å². The van der Waals surface area contributed by atoms with Crippen molar-refractivity contribution in [3.8, 4) is 0 Å². The predicted octanol–water partition coefficient (Wildman–Crippen LogP) is 0.553. The quantitative estimate of drug-likeness (QED) is 0.387. The van der Waals surface area contributed by atoms with Crippen LogP contribution in [0.15, 0.2) is 12.2 Å². The summed E-state index contributed by atoms with van der Waals surface area (Å²) in [5, 5.41) is 8.17. The van der Waals surface area contributed by atoms with Gasteiger partial charge in [0.15, 0.2) is 6.29 Å². The van der Waals surface area contributed by atoms with Crippen LogP contribution in [0.4, 0.5) is 0 Å². The number of hydrogen-bond acceptors (Lipinski definition) is 4. The van der Waals surface area contributed by atoms with Crippen molar-refractivity contribution in [2.45, 2.75) is 20.1 Å². The molecule has 1 atom stereocenters. The molecule has 0 amide bonds. The van der Waals surface area contributed by atoms with Crippen molar-refractivity contribution in [1.82, 2.24) is 0 Å². The van der Waals surface area contributed by atoms with Gasteiger partial charge in [-0.05, 0) is 13.8 Å². The van der Waals surface area contributed by atoms with E-state index in [1.54, 1.807) is 13.8 Å². The molecule has 0 aliphatic rings. The van der Waals surface area contributed by atoms with E-state index in [4.69, 9.17) is 9.84 Å². The van der Waals surface area contributed by atoms with Crippen molar-refractivity contribution in [3.05, 3.63) is 12.2 Å². The minimum absolute atomic E-state index is 0.428. The third-order valence-corrected chi connectivity index (χ3v) is 1.05. The van der Waals surface area contributed by atoms with E-state index in [0.717, 1.165) is 6.08 Å². The molecule has 0 saturated carbocycles. The van der Waals surface area contributed by atoms with Gasteiger partial charge < -0.3 is 14.6 Å². The lowest BCUT2D eigenvalue weighted by Crippen LogP contribution is -2.16. The second-order valence-corrected chi connectivity index (χ2v) is 2.13. The number of carboxylic acids is 1. The molecule has 0 bridgehead atoms. The zero-order valence-corrected chi connectivity index (χ0v) is 7.52. The van der Waals surface area contributed by atoms with Gasteiger partial charge in [0.1, 0.15) is 0 Å². The maximum atomic E-state index is 10.8. The molecule has 0 aromatic carbocycles. The highest BCUT2D eigenvalue weighted by atomic mass is 16.7. The zero-order valence-electron chi connectivity index (χ0n) is 7.52. The Morgan fingerprint density at radius 1 is 1.46 bits per heavy atom. The highest BCUT2D eigenvalue weighted by Gasteiger charge is 2.05. The molecule has 0 aromatic rings. The van der Waals surface area contributed by atoms with Crippen LogP contribution in [0.3, 0.4) is 0 Å². The molecule has 0 spiro atoms. The maximum Gasteiger partial charge on any atom is 0.333 e. The summed E-state index contributed by atoms with van der Waals surface area (Å²) >= 11 is 0. The van der Waals surface area contributed by atoms with E-state index in [0.29, 0.717) is 12.7 Å². The molecule has 1 unspecified atom stereocenters. The smallest absolute Gasteiger partial charge is 0.333 e. The van der Waals surface area contributed by atoms with Gasteiger partial charge in [0.2, 0.25) is 0 Å². The molecule has 0 aromatic heterocycles. The van der Waals surface area contributed by atoms with E-state index in [-0.39, 0.29) is 0 Å². The van der Waals surface area contributed by atoms with Gasteiger partial charge in [-0.1, -0.05) is 0 Å². The molecular weight excluding hydrogens is 176 g/mol. The third kappa shape index (κ3) is 7.02. The Balaban J connectivity index is 3.80. The number of carbonyl (C=O) groups excluding carboxylic acids is 1. The van der Waals surface area contributed by atoms with Crippen molar-refractivity contribution in [2.75, 3.05) is 6.61 Å². The SMILES string of the molecule is CCOC(C)OC(=O)C=CC(=O)O. The first-order valence-electron chi connectivity index (χ1n) is 3.79. The number of carboxylic acid groups (broad SMARTS) is 1. The van der Waals surface area contributed by atoms with Gasteiger partial charge in [0.25, 0.3) is 0 Å². The lowest BCUT2D eigenvalue weighted by Gasteiger charge is -2.10. The minimum atomic E-state index is -1.19. The van der Waals surface area contributed by atoms with Crippen LogP contribution < -0.4 is 0 Å². The molecule has 5 nitrogen and oxygen atoms in total. The number of esters is 1. The fraction of sp³-hybridized carbons (Fsp3) is 0.500. The normalized spacial score (nSPS) is 12.8. The molecule has 0 fully saturated rings. The van der Waals surface area contributed by atoms with Crippen molar-refractivity contribution < 1.29 is 24.2 Å². The Morgan fingerprint density at radius 2 is 2.08 bits per heavy atom. The summed E-state index contributed by atoms with van der Waals surface area (Å²) in [5.74, 6) is -1.93. The molecule has 0 saturated heterocycles. The zero-order chi connectivity index (χ0) is 10.3. The number of hydrogen-bond donors (Lipinski definition) is 1. The molecule has 0 rings (SSSR count). The summed E-state index contributed by atoms with van der Waals surface area (Å²) in [4.78, 5) is 20.8. The van der Waals surface area contributed by atoms with Crippen molar-refractivity contribution in [2.24, 2.45) is 0 Å². The molecule has 1 N–H and O–H groups in total. The molecule has 0 aliphatic carbocycles. The third-order valence-electron chi connectivity index (χ3n) is 1.05. The van der Waals surface area contributed by atoms with Crippen LogP contribution in [0.2, 0.25) is 0 Å². The second kappa shape index (κ2) is 6.19. The molecule has 0 heterocycles. The first-order chi connectivity index (χ1) is 6.06. The van der Waals surface area contributed by atoms with Crippen molar-refractivity contribution in [3.63, 3.8) is 0 Å². The largest absolute Gasteiger partial charge is 0.478 e. The van der Waals surface area contributed by atoms with Gasteiger partial charge in [-0.15, -0.1) is 0 Å². The molecule has 74 valence electrons. The maximum absolute atomic E-state index is 10.8. The molecule has 13 heavy (non-hydrogen) atoms. The van der Waals surface area contributed by atoms with Crippen LogP contribution in [-0.2, 0) is 19.1 Å². The van der Waals surface area contributed by atoms with Gasteiger partial charge in [-0.2, -0.15) is 0 Å². The van der Waals surface area contributed by atoms with Crippen LogP contribution in [0.5, 0.6) is 0 Å². The van der Waals surface area contributed by atoms with Gasteiger partial charge in [-0.25, -0.2) is 9.59 Å². The topological polar surface area (TPSA) is 72.8 Å². The monoisotopic (exact) mass is 188 g/mol. The Bertz CT molecular complexity index is 209. The first-order valence-corrected chi connectivity index (χ1v) is 3.79. The van der Waals surface area contributed by atoms with Gasteiger partial charge in [0.05, 0.1) is 0 Å². The van der Waals surface area contributed by atoms with Crippen LogP contribution in [0, 0.1) is 0 Å². The number of rotatable bonds is 5. The van der Waals surface area contributed by atoms with Crippen molar-refractivity contribution in [1.29, 1.82) is 0 Å². The van der Waals surface area contributed by atoms with E-state index in [9.17, 15) is 9.59 Å². The van der Waals surface area contributed by atoms with Gasteiger partial charge in [0, 0.05) is 18.8 Å². The fourth-order valence-corrected chi connectivity index (χ4v) is 0.611. The first kappa shape index (κ1) is 11.6. The Labute approximate surface area is 75.9 Å². The minimum Gasteiger partial charge on any atom is -0.478 e. The summed E-state index contributed by atoms with van der Waals surface area (Å²) in [6, 6.07) is 0. The number of ether oxygens (including phenoxy) is 2. The summed E-state index contributed by atoms with van der Waals surface area (Å²) < 4.78 is 9.52. The highest BCUT2D eigenvalue weighted by molar-refractivity contribution is 5.90. The second-order valence-electron chi connectivity index (χ2n) is 2.13. The van der Waals surface area contributed by atoms with Crippen LogP contribution >= 0.6 is 0 Å². The summed E-state index contributed by atoms with van der Waals surface area (Å²) in [6.45, 7) is 3.74. The van der Waals surface area contributed by atoms with Crippen LogP contribution in [0.1, 0.15) is 13.8 Å². The lowest BCUT2D eigenvalue weighted by molar-refractivity contribution is -0.168. The van der Waals surface area contributed by atoms with Crippen LogP contribution in [-0.4, -0.2) is 29.9 Å². The summed E-state index contributed by atoms with van der Waals surface area (Å²) in [5.41, 5.74) is 0. The average Bonchev–Trinajstić information content (AvgIpc) is 2.01. The van der Waals surface area contributed by atoms with E-state index < -0.39 is 18.2 Å². The number of aliphatic carboxylic acids is 1. The molecule has 0 aliphatic heterocycles. The van der Waals surface area contributed by atoms with Crippen LogP contribution in [0.25, 0.3) is 0 Å². The number of carbonyl (C=O) groups is 2. The Morgan fingerprint density at radius 3 is 2.54 bits per heavy atom. The average molecular weight is 188 g/mol.